The van der Waals surface area contributed by atoms with Crippen molar-refractivity contribution >= 4 is 23.4 Å². The Kier molecular flexibility index (Phi) is 6.03. The molecule has 0 saturated carbocycles. The van der Waals surface area contributed by atoms with Crippen molar-refractivity contribution in [1.29, 1.82) is 0 Å². The number of pyridine rings is 1. The standard InChI is InChI=1S/C25H28ClN7O2/c26-20-4-5-21-19(15-20)16-32(25(34)31-11-13-35-14-12-31)17-23-28-29-24(33(21)23)18-6-9-30(10-7-18)22-3-1-2-8-27-22/h1-5,8,15,18H,6-7,9-14,16-17H2. The first kappa shape index (κ1) is 22.3. The predicted octanol–water partition coefficient (Wildman–Crippen LogP) is 3.47. The molecule has 182 valence electrons. The molecule has 0 atom stereocenters. The summed E-state index contributed by atoms with van der Waals surface area (Å²) in [6.07, 6.45) is 3.77. The second-order valence-corrected chi connectivity index (χ2v) is 9.71. The fourth-order valence-electron chi connectivity index (χ4n) is 5.29. The number of benzene rings is 1. The lowest BCUT2D eigenvalue weighted by Gasteiger charge is -2.32. The largest absolute Gasteiger partial charge is 0.378 e. The van der Waals surface area contributed by atoms with Crippen molar-refractivity contribution in [2.24, 2.45) is 0 Å². The Bertz CT molecular complexity index is 1200. The number of carbonyl (C=O) groups excluding carboxylic acids is 1. The third kappa shape index (κ3) is 4.34. The van der Waals surface area contributed by atoms with E-state index in [0.717, 1.165) is 54.6 Å². The van der Waals surface area contributed by atoms with Gasteiger partial charge in [-0.15, -0.1) is 10.2 Å². The van der Waals surface area contributed by atoms with Crippen molar-refractivity contribution in [3.8, 4) is 5.69 Å². The Morgan fingerprint density at radius 1 is 0.971 bits per heavy atom. The number of nitrogens with zero attached hydrogens (tertiary/aromatic N) is 7. The molecule has 3 aromatic rings. The molecule has 6 rings (SSSR count). The van der Waals surface area contributed by atoms with E-state index in [2.05, 4.69) is 30.7 Å². The smallest absolute Gasteiger partial charge is 0.320 e. The summed E-state index contributed by atoms with van der Waals surface area (Å²) in [7, 11) is 0. The zero-order valence-corrected chi connectivity index (χ0v) is 20.3. The van der Waals surface area contributed by atoms with Crippen molar-refractivity contribution < 1.29 is 9.53 Å². The van der Waals surface area contributed by atoms with Crippen molar-refractivity contribution in [2.45, 2.75) is 31.8 Å². The Morgan fingerprint density at radius 2 is 1.80 bits per heavy atom. The number of halogens is 1. The molecule has 2 fully saturated rings. The first-order valence-corrected chi connectivity index (χ1v) is 12.6. The van der Waals surface area contributed by atoms with Crippen molar-refractivity contribution in [1.82, 2.24) is 29.5 Å². The second-order valence-electron chi connectivity index (χ2n) is 9.27. The normalized spacial score (nSPS) is 18.7. The summed E-state index contributed by atoms with van der Waals surface area (Å²) in [6.45, 7) is 5.06. The average molecular weight is 494 g/mol. The van der Waals surface area contributed by atoms with Crippen LogP contribution < -0.4 is 4.90 Å². The van der Waals surface area contributed by atoms with Crippen molar-refractivity contribution in [3.63, 3.8) is 0 Å². The van der Waals surface area contributed by atoms with Gasteiger partial charge in [-0.1, -0.05) is 17.7 Å². The number of urea groups is 1. The minimum Gasteiger partial charge on any atom is -0.378 e. The summed E-state index contributed by atoms with van der Waals surface area (Å²) in [4.78, 5) is 23.9. The van der Waals surface area contributed by atoms with Crippen LogP contribution in [-0.4, -0.2) is 75.0 Å². The van der Waals surface area contributed by atoms with E-state index in [1.165, 1.54) is 0 Å². The van der Waals surface area contributed by atoms with E-state index in [0.29, 0.717) is 44.4 Å². The summed E-state index contributed by atoms with van der Waals surface area (Å²) in [5.41, 5.74) is 2.01. The van der Waals surface area contributed by atoms with Crippen LogP contribution in [0.1, 0.15) is 36.0 Å². The lowest BCUT2D eigenvalue weighted by Crippen LogP contribution is -2.47. The lowest BCUT2D eigenvalue weighted by atomic mass is 9.95. The zero-order valence-electron chi connectivity index (χ0n) is 19.5. The van der Waals surface area contributed by atoms with Gasteiger partial charge in [0.25, 0.3) is 0 Å². The van der Waals surface area contributed by atoms with Gasteiger partial charge in [0.1, 0.15) is 11.6 Å². The fourth-order valence-corrected chi connectivity index (χ4v) is 5.48. The van der Waals surface area contributed by atoms with E-state index >= 15 is 0 Å². The molecule has 0 N–H and O–H groups in total. The number of piperidine rings is 1. The molecule has 0 unspecified atom stereocenters. The number of amides is 2. The molecule has 3 aliphatic rings. The summed E-state index contributed by atoms with van der Waals surface area (Å²) in [5.74, 6) is 3.05. The third-order valence-electron chi connectivity index (χ3n) is 7.12. The van der Waals surface area contributed by atoms with Crippen molar-refractivity contribution in [2.75, 3.05) is 44.3 Å². The molecule has 1 aromatic carbocycles. The Morgan fingerprint density at radius 3 is 2.57 bits per heavy atom. The number of morpholine rings is 1. The minimum absolute atomic E-state index is 0.000829. The van der Waals surface area contributed by atoms with Gasteiger partial charge in [0.05, 0.1) is 32.0 Å². The van der Waals surface area contributed by atoms with Crippen LogP contribution in [0.3, 0.4) is 0 Å². The third-order valence-corrected chi connectivity index (χ3v) is 7.35. The van der Waals surface area contributed by atoms with Crippen LogP contribution in [-0.2, 0) is 17.8 Å². The van der Waals surface area contributed by atoms with E-state index in [1.54, 1.807) is 0 Å². The molecule has 10 heteroatoms. The van der Waals surface area contributed by atoms with Gasteiger partial charge in [-0.2, -0.15) is 0 Å². The minimum atomic E-state index is 0.000829. The Balaban J connectivity index is 1.29. The fraction of sp³-hybridized carbons (Fsp3) is 0.440. The number of rotatable bonds is 2. The maximum atomic E-state index is 13.4. The number of hydrogen-bond donors (Lipinski definition) is 0. The molecule has 3 aliphatic heterocycles. The highest BCUT2D eigenvalue weighted by molar-refractivity contribution is 6.30. The predicted molar refractivity (Wildman–Crippen MR) is 132 cm³/mol. The number of carbonyl (C=O) groups is 1. The van der Waals surface area contributed by atoms with Crippen LogP contribution in [0.2, 0.25) is 5.02 Å². The van der Waals surface area contributed by atoms with Gasteiger partial charge in [0.15, 0.2) is 5.82 Å². The Hall–Kier alpha value is -3.17. The number of anilines is 1. The van der Waals surface area contributed by atoms with Crippen LogP contribution in [0.5, 0.6) is 0 Å². The molecule has 0 spiro atoms. The van der Waals surface area contributed by atoms with Gasteiger partial charge >= 0.3 is 6.03 Å². The highest BCUT2D eigenvalue weighted by Gasteiger charge is 2.33. The van der Waals surface area contributed by atoms with Crippen LogP contribution in [0, 0.1) is 0 Å². The van der Waals surface area contributed by atoms with Crippen LogP contribution in [0.15, 0.2) is 42.6 Å². The second kappa shape index (κ2) is 9.47. The molecule has 0 radical (unpaired) electrons. The number of hydrogen-bond acceptors (Lipinski definition) is 6. The van der Waals surface area contributed by atoms with Crippen molar-refractivity contribution in [3.05, 3.63) is 64.8 Å². The maximum absolute atomic E-state index is 13.4. The van der Waals surface area contributed by atoms with Gasteiger partial charge in [0, 0.05) is 43.3 Å². The van der Waals surface area contributed by atoms with Gasteiger partial charge < -0.3 is 19.4 Å². The number of fused-ring (bicyclic) bond motifs is 3. The first-order valence-electron chi connectivity index (χ1n) is 12.2. The van der Waals surface area contributed by atoms with E-state index in [9.17, 15) is 4.79 Å². The molecule has 5 heterocycles. The van der Waals surface area contributed by atoms with E-state index in [4.69, 9.17) is 16.3 Å². The molecular weight excluding hydrogens is 466 g/mol. The molecular formula is C25H28ClN7O2. The quantitative estimate of drug-likeness (QED) is 0.544. The van der Waals surface area contributed by atoms with E-state index in [1.807, 2.05) is 46.3 Å². The maximum Gasteiger partial charge on any atom is 0.320 e. The molecule has 0 bridgehead atoms. The van der Waals surface area contributed by atoms with Crippen LogP contribution in [0.25, 0.3) is 5.69 Å². The van der Waals surface area contributed by atoms with Crippen LogP contribution in [0.4, 0.5) is 10.6 Å². The van der Waals surface area contributed by atoms with Gasteiger partial charge in [-0.25, -0.2) is 9.78 Å². The molecule has 9 nitrogen and oxygen atoms in total. The zero-order chi connectivity index (χ0) is 23.8. The summed E-state index contributed by atoms with van der Waals surface area (Å²) >= 11 is 6.39. The SMILES string of the molecule is O=C(N1CCOCC1)N1Cc2cc(Cl)ccc2-n2c(nnc2C2CCN(c3ccccn3)CC2)C1. The van der Waals surface area contributed by atoms with Gasteiger partial charge in [0.2, 0.25) is 0 Å². The summed E-state index contributed by atoms with van der Waals surface area (Å²) in [5, 5.41) is 9.90. The van der Waals surface area contributed by atoms with Gasteiger partial charge in [-0.05, 0) is 48.7 Å². The molecule has 2 aromatic heterocycles. The average Bonchev–Trinajstić information content (AvgIpc) is 3.25. The number of ether oxygens (including phenoxy) is 1. The Labute approximate surface area is 209 Å². The number of aromatic nitrogens is 4. The molecule has 0 aliphatic carbocycles. The monoisotopic (exact) mass is 493 g/mol. The summed E-state index contributed by atoms with van der Waals surface area (Å²) < 4.78 is 7.60. The van der Waals surface area contributed by atoms with Crippen LogP contribution >= 0.6 is 11.6 Å². The van der Waals surface area contributed by atoms with E-state index < -0.39 is 0 Å². The van der Waals surface area contributed by atoms with Gasteiger partial charge in [-0.3, -0.25) is 4.57 Å². The molecule has 35 heavy (non-hydrogen) atoms. The molecule has 2 amide bonds. The highest BCUT2D eigenvalue weighted by atomic mass is 35.5. The molecule has 2 saturated heterocycles. The topological polar surface area (TPSA) is 79.6 Å². The first-order chi connectivity index (χ1) is 17.2. The lowest BCUT2D eigenvalue weighted by molar-refractivity contribution is 0.0418. The highest BCUT2D eigenvalue weighted by Crippen LogP contribution is 2.34. The van der Waals surface area contributed by atoms with E-state index in [-0.39, 0.29) is 11.9 Å². The summed E-state index contributed by atoms with van der Waals surface area (Å²) in [6, 6.07) is 11.9.